The molecule has 5 heteroatoms. The van der Waals surface area contributed by atoms with Crippen LogP contribution in [0.25, 0.3) is 0 Å². The third-order valence-electron chi connectivity index (χ3n) is 3.25. The molecule has 0 saturated heterocycles. The molecule has 1 heterocycles. The van der Waals surface area contributed by atoms with Crippen molar-refractivity contribution < 1.29 is 14.7 Å². The van der Waals surface area contributed by atoms with Crippen LogP contribution in [0.2, 0.25) is 0 Å². The number of carbonyl (C=O) groups excluding carboxylic acids is 1. The topological polar surface area (TPSA) is 57.6 Å². The summed E-state index contributed by atoms with van der Waals surface area (Å²) in [4.78, 5) is 25.6. The van der Waals surface area contributed by atoms with Gasteiger partial charge in [0.1, 0.15) is 6.54 Å². The molecular formula is C14H19NO3S. The minimum atomic E-state index is -0.924. The van der Waals surface area contributed by atoms with E-state index in [2.05, 4.69) is 6.07 Å². The summed E-state index contributed by atoms with van der Waals surface area (Å²) in [6.45, 7) is 0.457. The van der Waals surface area contributed by atoms with Crippen molar-refractivity contribution in [3.63, 3.8) is 0 Å². The third kappa shape index (κ3) is 5.03. The molecule has 104 valence electrons. The van der Waals surface area contributed by atoms with Gasteiger partial charge in [-0.3, -0.25) is 9.59 Å². The highest BCUT2D eigenvalue weighted by Crippen LogP contribution is 2.29. The Morgan fingerprint density at radius 3 is 2.79 bits per heavy atom. The fourth-order valence-corrected chi connectivity index (χ4v) is 2.81. The Bertz CT molecular complexity index is 426. The van der Waals surface area contributed by atoms with Crippen LogP contribution in [-0.2, 0) is 16.0 Å². The van der Waals surface area contributed by atoms with Crippen LogP contribution in [-0.4, -0.2) is 35.0 Å². The molecule has 0 aromatic carbocycles. The van der Waals surface area contributed by atoms with Crippen molar-refractivity contribution >= 4 is 23.2 Å². The molecule has 1 aliphatic rings. The summed E-state index contributed by atoms with van der Waals surface area (Å²) in [5.74, 6) is -0.418. The maximum Gasteiger partial charge on any atom is 0.323 e. The molecule has 0 unspecified atom stereocenters. The van der Waals surface area contributed by atoms with Crippen molar-refractivity contribution in [3.8, 4) is 0 Å². The molecule has 0 bridgehead atoms. The second-order valence-corrected chi connectivity index (χ2v) is 6.08. The summed E-state index contributed by atoms with van der Waals surface area (Å²) >= 11 is 1.70. The van der Waals surface area contributed by atoms with Crippen molar-refractivity contribution in [2.45, 2.75) is 32.1 Å². The second kappa shape index (κ2) is 6.70. The number of carboxylic acid groups (broad SMARTS) is 1. The number of hydrogen-bond acceptors (Lipinski definition) is 3. The van der Waals surface area contributed by atoms with E-state index in [0.29, 0.717) is 18.9 Å². The van der Waals surface area contributed by atoms with Crippen molar-refractivity contribution in [1.82, 2.24) is 4.90 Å². The zero-order chi connectivity index (χ0) is 13.7. The number of nitrogens with zero attached hydrogens (tertiary/aromatic N) is 1. The molecule has 1 saturated carbocycles. The van der Waals surface area contributed by atoms with Gasteiger partial charge in [-0.1, -0.05) is 6.07 Å². The van der Waals surface area contributed by atoms with E-state index in [1.807, 2.05) is 11.4 Å². The Hall–Kier alpha value is -1.36. The maximum absolute atomic E-state index is 12.0. The van der Waals surface area contributed by atoms with Crippen molar-refractivity contribution in [1.29, 1.82) is 0 Å². The highest BCUT2D eigenvalue weighted by molar-refractivity contribution is 7.09. The van der Waals surface area contributed by atoms with Gasteiger partial charge in [0.2, 0.25) is 5.91 Å². The number of amides is 1. The largest absolute Gasteiger partial charge is 0.480 e. The van der Waals surface area contributed by atoms with E-state index in [-0.39, 0.29) is 12.5 Å². The summed E-state index contributed by atoms with van der Waals surface area (Å²) in [6.07, 6.45) is 4.38. The first-order chi connectivity index (χ1) is 9.15. The zero-order valence-corrected chi connectivity index (χ0v) is 11.7. The Balaban J connectivity index is 1.75. The van der Waals surface area contributed by atoms with Gasteiger partial charge in [0.05, 0.1) is 0 Å². The van der Waals surface area contributed by atoms with Crippen molar-refractivity contribution in [2.75, 3.05) is 13.1 Å². The first-order valence-corrected chi connectivity index (χ1v) is 7.55. The summed E-state index contributed by atoms with van der Waals surface area (Å²) in [7, 11) is 0. The molecule has 0 spiro atoms. The van der Waals surface area contributed by atoms with Crippen molar-refractivity contribution in [2.24, 2.45) is 5.92 Å². The lowest BCUT2D eigenvalue weighted by Gasteiger charge is -2.20. The van der Waals surface area contributed by atoms with E-state index >= 15 is 0 Å². The molecular weight excluding hydrogens is 262 g/mol. The number of thiophene rings is 1. The number of rotatable bonds is 8. The normalized spacial score (nSPS) is 14.3. The van der Waals surface area contributed by atoms with E-state index in [1.165, 1.54) is 9.78 Å². The first-order valence-electron chi connectivity index (χ1n) is 6.67. The molecule has 1 aliphatic carbocycles. The maximum atomic E-state index is 12.0. The van der Waals surface area contributed by atoms with Crippen LogP contribution in [0, 0.1) is 5.92 Å². The Labute approximate surface area is 117 Å². The summed E-state index contributed by atoms with van der Waals surface area (Å²) in [5.41, 5.74) is 0. The Kier molecular flexibility index (Phi) is 4.96. The summed E-state index contributed by atoms with van der Waals surface area (Å²) in [5, 5.41) is 10.9. The molecule has 1 aromatic rings. The molecule has 2 rings (SSSR count). The third-order valence-corrected chi connectivity index (χ3v) is 4.18. The van der Waals surface area contributed by atoms with Crippen LogP contribution in [0.5, 0.6) is 0 Å². The fraction of sp³-hybridized carbons (Fsp3) is 0.571. The molecule has 1 fully saturated rings. The highest BCUT2D eigenvalue weighted by Gasteiger charge is 2.27. The fourth-order valence-electron chi connectivity index (χ4n) is 2.06. The van der Waals surface area contributed by atoms with Gasteiger partial charge in [0, 0.05) is 17.8 Å². The number of hydrogen-bond donors (Lipinski definition) is 1. The van der Waals surface area contributed by atoms with Gasteiger partial charge in [-0.2, -0.15) is 0 Å². The van der Waals surface area contributed by atoms with Gasteiger partial charge in [0.25, 0.3) is 0 Å². The lowest BCUT2D eigenvalue weighted by molar-refractivity contribution is -0.144. The summed E-state index contributed by atoms with van der Waals surface area (Å²) < 4.78 is 0. The SMILES string of the molecule is O=C(O)CN(CC1CC1)C(=O)CCCc1cccs1. The molecule has 0 atom stereocenters. The summed E-state index contributed by atoms with van der Waals surface area (Å²) in [6, 6.07) is 4.07. The first kappa shape index (κ1) is 14.1. The highest BCUT2D eigenvalue weighted by atomic mass is 32.1. The molecule has 0 radical (unpaired) electrons. The Morgan fingerprint density at radius 1 is 1.42 bits per heavy atom. The van der Waals surface area contributed by atoms with Crippen LogP contribution < -0.4 is 0 Å². The number of aliphatic carboxylic acids is 1. The minimum absolute atomic E-state index is 0.0224. The van der Waals surface area contributed by atoms with Crippen LogP contribution in [0.1, 0.15) is 30.6 Å². The van der Waals surface area contributed by atoms with E-state index in [4.69, 9.17) is 5.11 Å². The van der Waals surface area contributed by atoms with E-state index in [1.54, 1.807) is 11.3 Å². The van der Waals surface area contributed by atoms with Gasteiger partial charge in [-0.05, 0) is 43.0 Å². The van der Waals surface area contributed by atoms with Gasteiger partial charge >= 0.3 is 5.97 Å². The van der Waals surface area contributed by atoms with Crippen LogP contribution in [0.4, 0.5) is 0 Å². The Morgan fingerprint density at radius 2 is 2.21 bits per heavy atom. The smallest absolute Gasteiger partial charge is 0.323 e. The minimum Gasteiger partial charge on any atom is -0.480 e. The van der Waals surface area contributed by atoms with Gasteiger partial charge in [-0.15, -0.1) is 11.3 Å². The number of carbonyl (C=O) groups is 2. The lowest BCUT2D eigenvalue weighted by Crippen LogP contribution is -2.37. The monoisotopic (exact) mass is 281 g/mol. The van der Waals surface area contributed by atoms with Crippen LogP contribution >= 0.6 is 11.3 Å². The molecule has 1 aromatic heterocycles. The molecule has 1 N–H and O–H groups in total. The predicted octanol–water partition coefficient (Wildman–Crippen LogP) is 2.39. The molecule has 0 aliphatic heterocycles. The average Bonchev–Trinajstić information content (AvgIpc) is 3.02. The number of aryl methyl sites for hydroxylation is 1. The molecule has 19 heavy (non-hydrogen) atoms. The van der Waals surface area contributed by atoms with Crippen molar-refractivity contribution in [3.05, 3.63) is 22.4 Å². The van der Waals surface area contributed by atoms with Crippen LogP contribution in [0.15, 0.2) is 17.5 Å². The molecule has 4 nitrogen and oxygen atoms in total. The van der Waals surface area contributed by atoms with E-state index in [0.717, 1.165) is 25.7 Å². The lowest BCUT2D eigenvalue weighted by atomic mass is 10.2. The molecule has 1 amide bonds. The predicted molar refractivity (Wildman–Crippen MR) is 74.2 cm³/mol. The van der Waals surface area contributed by atoms with Gasteiger partial charge < -0.3 is 10.0 Å². The van der Waals surface area contributed by atoms with Gasteiger partial charge in [-0.25, -0.2) is 0 Å². The number of carboxylic acids is 1. The van der Waals surface area contributed by atoms with E-state index in [9.17, 15) is 9.59 Å². The van der Waals surface area contributed by atoms with E-state index < -0.39 is 5.97 Å². The van der Waals surface area contributed by atoms with Crippen LogP contribution in [0.3, 0.4) is 0 Å². The quantitative estimate of drug-likeness (QED) is 0.796. The van der Waals surface area contributed by atoms with Gasteiger partial charge in [0.15, 0.2) is 0 Å². The zero-order valence-electron chi connectivity index (χ0n) is 10.9. The average molecular weight is 281 g/mol. The second-order valence-electron chi connectivity index (χ2n) is 5.04. The standard InChI is InChI=1S/C14H19NO3S/c16-13(5-1-3-12-4-2-8-19-12)15(10-14(17)18)9-11-6-7-11/h2,4,8,11H,1,3,5-7,9-10H2,(H,17,18).